The molecule has 0 saturated carbocycles. The predicted molar refractivity (Wildman–Crippen MR) is 58.5 cm³/mol. The molecule has 0 aromatic carbocycles. The summed E-state index contributed by atoms with van der Waals surface area (Å²) in [6, 6.07) is 0. The summed E-state index contributed by atoms with van der Waals surface area (Å²) >= 11 is 0. The number of rotatable bonds is 3. The molecule has 1 saturated heterocycles. The summed E-state index contributed by atoms with van der Waals surface area (Å²) in [4.78, 5) is 2.46. The highest BCUT2D eigenvalue weighted by molar-refractivity contribution is 5.13. The molecule has 0 radical (unpaired) electrons. The van der Waals surface area contributed by atoms with Crippen molar-refractivity contribution >= 4 is 0 Å². The molecule has 0 amide bonds. The van der Waals surface area contributed by atoms with Gasteiger partial charge in [-0.3, -0.25) is 0 Å². The third kappa shape index (κ3) is 3.49. The number of hydrogen-bond donors (Lipinski definition) is 0. The fourth-order valence-electron chi connectivity index (χ4n) is 1.63. The predicted octanol–water partition coefficient (Wildman–Crippen LogP) is 3.12. The van der Waals surface area contributed by atoms with Crippen LogP contribution in [0.4, 0.5) is 0 Å². The molecule has 1 heteroatoms. The zero-order valence-electron chi connectivity index (χ0n) is 8.50. The molecule has 0 N–H and O–H groups in total. The van der Waals surface area contributed by atoms with Gasteiger partial charge in [0.2, 0.25) is 0 Å². The standard InChI is InChI=1S/C12H19N/c1-3-4-6-9-12(2)13-10-7-5-8-11-13/h3-4,6,9H,1,5,7-8,10-11H2,2H3/b6-4-,12-9+. The van der Waals surface area contributed by atoms with E-state index in [4.69, 9.17) is 0 Å². The van der Waals surface area contributed by atoms with Gasteiger partial charge in [-0.1, -0.05) is 24.8 Å². The van der Waals surface area contributed by atoms with Crippen LogP contribution in [0.3, 0.4) is 0 Å². The van der Waals surface area contributed by atoms with E-state index in [9.17, 15) is 0 Å². The van der Waals surface area contributed by atoms with Gasteiger partial charge in [0.1, 0.15) is 0 Å². The van der Waals surface area contributed by atoms with Gasteiger partial charge < -0.3 is 4.90 Å². The minimum atomic E-state index is 1.23. The van der Waals surface area contributed by atoms with Crippen molar-refractivity contribution in [3.63, 3.8) is 0 Å². The van der Waals surface area contributed by atoms with Crippen LogP contribution in [0.5, 0.6) is 0 Å². The van der Waals surface area contributed by atoms with Crippen molar-refractivity contribution in [1.29, 1.82) is 0 Å². The average molecular weight is 177 g/mol. The molecule has 1 aliphatic heterocycles. The van der Waals surface area contributed by atoms with Crippen LogP contribution in [0.1, 0.15) is 26.2 Å². The van der Waals surface area contributed by atoms with Crippen molar-refractivity contribution in [3.05, 3.63) is 36.6 Å². The SMILES string of the molecule is C=C/C=C\C=C(/C)N1CCCCC1. The van der Waals surface area contributed by atoms with Crippen LogP contribution in [-0.2, 0) is 0 Å². The Morgan fingerprint density at radius 3 is 2.46 bits per heavy atom. The van der Waals surface area contributed by atoms with E-state index in [0.29, 0.717) is 0 Å². The van der Waals surface area contributed by atoms with Gasteiger partial charge in [-0.2, -0.15) is 0 Å². The molecule has 1 nitrogen and oxygen atoms in total. The fraction of sp³-hybridized carbons (Fsp3) is 0.500. The lowest BCUT2D eigenvalue weighted by molar-refractivity contribution is 0.286. The summed E-state index contributed by atoms with van der Waals surface area (Å²) in [6.07, 6.45) is 12.1. The van der Waals surface area contributed by atoms with E-state index in [2.05, 4.69) is 30.6 Å². The smallest absolute Gasteiger partial charge is 0.0174 e. The minimum absolute atomic E-state index is 1.23. The van der Waals surface area contributed by atoms with Gasteiger partial charge in [0, 0.05) is 18.8 Å². The van der Waals surface area contributed by atoms with Gasteiger partial charge in [0.15, 0.2) is 0 Å². The number of hydrogen-bond acceptors (Lipinski definition) is 1. The van der Waals surface area contributed by atoms with Crippen LogP contribution in [-0.4, -0.2) is 18.0 Å². The molecule has 0 aromatic rings. The summed E-state index contributed by atoms with van der Waals surface area (Å²) < 4.78 is 0. The van der Waals surface area contributed by atoms with Crippen LogP contribution < -0.4 is 0 Å². The maximum atomic E-state index is 3.64. The van der Waals surface area contributed by atoms with Crippen molar-refractivity contribution in [2.24, 2.45) is 0 Å². The summed E-state index contributed by atoms with van der Waals surface area (Å²) in [5, 5.41) is 0. The topological polar surface area (TPSA) is 3.24 Å². The first-order chi connectivity index (χ1) is 6.34. The van der Waals surface area contributed by atoms with Gasteiger partial charge in [-0.15, -0.1) is 0 Å². The molecule has 0 aromatic heterocycles. The third-order valence-electron chi connectivity index (χ3n) is 2.44. The number of nitrogens with zero attached hydrogens (tertiary/aromatic N) is 1. The average Bonchev–Trinajstić information content (AvgIpc) is 2.19. The maximum Gasteiger partial charge on any atom is 0.0174 e. The molecule has 1 fully saturated rings. The van der Waals surface area contributed by atoms with E-state index >= 15 is 0 Å². The largest absolute Gasteiger partial charge is 0.375 e. The molecular formula is C12H19N. The Morgan fingerprint density at radius 2 is 1.85 bits per heavy atom. The Kier molecular flexibility index (Phi) is 4.37. The first-order valence-corrected chi connectivity index (χ1v) is 5.05. The van der Waals surface area contributed by atoms with Crippen molar-refractivity contribution in [3.8, 4) is 0 Å². The van der Waals surface area contributed by atoms with Crippen LogP contribution >= 0.6 is 0 Å². The lowest BCUT2D eigenvalue weighted by atomic mass is 10.1. The molecule has 1 rings (SSSR count). The molecule has 0 atom stereocenters. The molecular weight excluding hydrogens is 158 g/mol. The summed E-state index contributed by atoms with van der Waals surface area (Å²) in [5.74, 6) is 0. The number of piperidine rings is 1. The molecule has 0 spiro atoms. The monoisotopic (exact) mass is 177 g/mol. The molecule has 0 aliphatic carbocycles. The van der Waals surface area contributed by atoms with Crippen LogP contribution in [0.25, 0.3) is 0 Å². The number of allylic oxidation sites excluding steroid dienone is 5. The van der Waals surface area contributed by atoms with Crippen molar-refractivity contribution in [2.45, 2.75) is 26.2 Å². The normalized spacial score (nSPS) is 19.5. The van der Waals surface area contributed by atoms with Gasteiger partial charge in [0.25, 0.3) is 0 Å². The van der Waals surface area contributed by atoms with Crippen LogP contribution in [0.15, 0.2) is 36.6 Å². The van der Waals surface area contributed by atoms with Gasteiger partial charge in [-0.25, -0.2) is 0 Å². The van der Waals surface area contributed by atoms with E-state index in [1.807, 2.05) is 6.08 Å². The molecule has 0 unspecified atom stereocenters. The first-order valence-electron chi connectivity index (χ1n) is 5.05. The second-order valence-corrected chi connectivity index (χ2v) is 3.48. The van der Waals surface area contributed by atoms with Gasteiger partial charge >= 0.3 is 0 Å². The molecule has 72 valence electrons. The summed E-state index contributed by atoms with van der Waals surface area (Å²) in [6.45, 7) is 8.27. The van der Waals surface area contributed by atoms with Gasteiger partial charge in [-0.05, 0) is 32.3 Å². The molecule has 1 heterocycles. The Balaban J connectivity index is 2.44. The highest BCUT2D eigenvalue weighted by atomic mass is 15.1. The highest BCUT2D eigenvalue weighted by Gasteiger charge is 2.08. The first kappa shape index (κ1) is 10.1. The third-order valence-corrected chi connectivity index (χ3v) is 2.44. The second kappa shape index (κ2) is 5.63. The van der Waals surface area contributed by atoms with E-state index < -0.39 is 0 Å². The zero-order valence-corrected chi connectivity index (χ0v) is 8.50. The summed E-state index contributed by atoms with van der Waals surface area (Å²) in [5.41, 5.74) is 1.37. The Hall–Kier alpha value is -0.980. The highest BCUT2D eigenvalue weighted by Crippen LogP contribution is 2.13. The van der Waals surface area contributed by atoms with Crippen LogP contribution in [0.2, 0.25) is 0 Å². The second-order valence-electron chi connectivity index (χ2n) is 3.48. The molecule has 0 bridgehead atoms. The Morgan fingerprint density at radius 1 is 1.15 bits per heavy atom. The zero-order chi connectivity index (χ0) is 9.52. The number of likely N-dealkylation sites (tertiary alicyclic amines) is 1. The van der Waals surface area contributed by atoms with Crippen molar-refractivity contribution in [1.82, 2.24) is 4.90 Å². The van der Waals surface area contributed by atoms with E-state index in [-0.39, 0.29) is 0 Å². The lowest BCUT2D eigenvalue weighted by Gasteiger charge is -2.29. The lowest BCUT2D eigenvalue weighted by Crippen LogP contribution is -2.27. The van der Waals surface area contributed by atoms with E-state index in [0.717, 1.165) is 0 Å². The molecule has 13 heavy (non-hydrogen) atoms. The quantitative estimate of drug-likeness (QED) is 0.599. The summed E-state index contributed by atoms with van der Waals surface area (Å²) in [7, 11) is 0. The maximum absolute atomic E-state index is 3.64. The fourth-order valence-corrected chi connectivity index (χ4v) is 1.63. The van der Waals surface area contributed by atoms with E-state index in [1.165, 1.54) is 38.0 Å². The van der Waals surface area contributed by atoms with Crippen molar-refractivity contribution in [2.75, 3.05) is 13.1 Å². The molecule has 1 aliphatic rings. The Bertz CT molecular complexity index is 207. The van der Waals surface area contributed by atoms with Gasteiger partial charge in [0.05, 0.1) is 0 Å². The van der Waals surface area contributed by atoms with Crippen molar-refractivity contribution < 1.29 is 0 Å². The Labute approximate surface area is 81.4 Å². The minimum Gasteiger partial charge on any atom is -0.375 e. The van der Waals surface area contributed by atoms with Crippen LogP contribution in [0, 0.1) is 0 Å². The van der Waals surface area contributed by atoms with E-state index in [1.54, 1.807) is 6.08 Å².